The molecule has 1 atom stereocenters. The van der Waals surface area contributed by atoms with Gasteiger partial charge < -0.3 is 10.6 Å². The summed E-state index contributed by atoms with van der Waals surface area (Å²) in [5, 5.41) is 6.93. The first-order valence-corrected chi connectivity index (χ1v) is 8.88. The van der Waals surface area contributed by atoms with Crippen LogP contribution in [0.15, 0.2) is 0 Å². The first-order chi connectivity index (χ1) is 9.62. The summed E-state index contributed by atoms with van der Waals surface area (Å²) in [6.45, 7) is 9.55. The summed E-state index contributed by atoms with van der Waals surface area (Å²) in [6.07, 6.45) is 5.21. The predicted octanol–water partition coefficient (Wildman–Crippen LogP) is 3.72. The van der Waals surface area contributed by atoms with Crippen LogP contribution in [0.2, 0.25) is 0 Å². The van der Waals surface area contributed by atoms with E-state index < -0.39 is 0 Å². The van der Waals surface area contributed by atoms with Crippen LogP contribution in [-0.4, -0.2) is 34.6 Å². The van der Waals surface area contributed by atoms with Crippen LogP contribution >= 0.6 is 11.8 Å². The van der Waals surface area contributed by atoms with Gasteiger partial charge in [0.15, 0.2) is 0 Å². The monoisotopic (exact) mass is 296 g/mol. The van der Waals surface area contributed by atoms with Crippen LogP contribution in [0.3, 0.4) is 0 Å². The van der Waals surface area contributed by atoms with Crippen LogP contribution in [0, 0.1) is 6.92 Å². The predicted molar refractivity (Wildman–Crippen MR) is 91.0 cm³/mol. The molecule has 1 aromatic heterocycles. The lowest BCUT2D eigenvalue weighted by Gasteiger charge is -2.18. The van der Waals surface area contributed by atoms with E-state index in [0.717, 1.165) is 54.6 Å². The Bertz CT molecular complexity index is 409. The van der Waals surface area contributed by atoms with Crippen molar-refractivity contribution in [3.05, 3.63) is 11.4 Å². The van der Waals surface area contributed by atoms with Gasteiger partial charge >= 0.3 is 0 Å². The largest absolute Gasteiger partial charge is 0.370 e. The fourth-order valence-electron chi connectivity index (χ4n) is 1.98. The lowest BCUT2D eigenvalue weighted by molar-refractivity contribution is 0.817. The molecule has 0 saturated carbocycles. The van der Waals surface area contributed by atoms with Gasteiger partial charge in [0.2, 0.25) is 0 Å². The van der Waals surface area contributed by atoms with E-state index in [2.05, 4.69) is 54.6 Å². The molecule has 0 fully saturated rings. The Labute approximate surface area is 127 Å². The molecule has 0 amide bonds. The molecular weight excluding hydrogens is 268 g/mol. The van der Waals surface area contributed by atoms with E-state index in [1.807, 2.05) is 11.8 Å². The van der Waals surface area contributed by atoms with Crippen molar-refractivity contribution < 1.29 is 0 Å². The van der Waals surface area contributed by atoms with Gasteiger partial charge in [0.25, 0.3) is 0 Å². The number of hydrogen-bond donors (Lipinski definition) is 2. The van der Waals surface area contributed by atoms with Crippen molar-refractivity contribution in [2.45, 2.75) is 53.0 Å². The van der Waals surface area contributed by atoms with Crippen LogP contribution in [0.5, 0.6) is 0 Å². The van der Waals surface area contributed by atoms with Crippen LogP contribution in [0.1, 0.15) is 45.0 Å². The fraction of sp³-hybridized carbons (Fsp3) is 0.733. The van der Waals surface area contributed by atoms with Crippen LogP contribution in [0.4, 0.5) is 11.6 Å². The number of nitrogens with one attached hydrogen (secondary N) is 2. The van der Waals surface area contributed by atoms with Crippen molar-refractivity contribution in [1.29, 1.82) is 0 Å². The van der Waals surface area contributed by atoms with Crippen molar-refractivity contribution in [3.63, 3.8) is 0 Å². The van der Waals surface area contributed by atoms with E-state index in [-0.39, 0.29) is 0 Å². The normalized spacial score (nSPS) is 12.2. The molecule has 0 aliphatic carbocycles. The standard InChI is InChI=1S/C15H28N4S/c1-6-8-13-18-14(16-9-7-2)12(4)15(19-13)17-11(3)10-20-5/h11H,6-10H2,1-5H3,(H2,16,17,18,19). The first kappa shape index (κ1) is 17.1. The average molecular weight is 296 g/mol. The minimum atomic E-state index is 0.409. The Balaban J connectivity index is 2.97. The van der Waals surface area contributed by atoms with Crippen molar-refractivity contribution in [3.8, 4) is 0 Å². The van der Waals surface area contributed by atoms with Gasteiger partial charge in [-0.15, -0.1) is 0 Å². The number of thioether (sulfide) groups is 1. The molecule has 0 saturated heterocycles. The Morgan fingerprint density at radius 2 is 1.85 bits per heavy atom. The zero-order valence-electron chi connectivity index (χ0n) is 13.4. The van der Waals surface area contributed by atoms with Crippen LogP contribution in [-0.2, 0) is 6.42 Å². The van der Waals surface area contributed by atoms with Gasteiger partial charge in [-0.3, -0.25) is 0 Å². The third-order valence-electron chi connectivity index (χ3n) is 3.01. The number of aryl methyl sites for hydroxylation is 1. The minimum absolute atomic E-state index is 0.409. The molecule has 0 aromatic carbocycles. The highest BCUT2D eigenvalue weighted by Crippen LogP contribution is 2.21. The number of aromatic nitrogens is 2. The molecule has 4 nitrogen and oxygen atoms in total. The highest BCUT2D eigenvalue weighted by molar-refractivity contribution is 7.98. The van der Waals surface area contributed by atoms with Gasteiger partial charge in [-0.05, 0) is 32.9 Å². The highest BCUT2D eigenvalue weighted by atomic mass is 32.2. The maximum absolute atomic E-state index is 4.68. The van der Waals surface area contributed by atoms with E-state index in [0.29, 0.717) is 6.04 Å². The van der Waals surface area contributed by atoms with Crippen LogP contribution in [0.25, 0.3) is 0 Å². The summed E-state index contributed by atoms with van der Waals surface area (Å²) in [5.41, 5.74) is 1.12. The molecule has 0 radical (unpaired) electrons. The molecule has 0 bridgehead atoms. The summed E-state index contributed by atoms with van der Waals surface area (Å²) >= 11 is 1.85. The van der Waals surface area contributed by atoms with Crippen molar-refractivity contribution >= 4 is 23.4 Å². The van der Waals surface area contributed by atoms with E-state index in [1.165, 1.54) is 0 Å². The van der Waals surface area contributed by atoms with Gasteiger partial charge in [-0.25, -0.2) is 9.97 Å². The molecule has 5 heteroatoms. The molecule has 0 aliphatic rings. The first-order valence-electron chi connectivity index (χ1n) is 7.49. The van der Waals surface area contributed by atoms with Gasteiger partial charge in [-0.1, -0.05) is 13.8 Å². The van der Waals surface area contributed by atoms with Crippen molar-refractivity contribution in [2.24, 2.45) is 0 Å². The summed E-state index contributed by atoms with van der Waals surface area (Å²) in [7, 11) is 0. The van der Waals surface area contributed by atoms with Gasteiger partial charge in [0, 0.05) is 30.3 Å². The average Bonchev–Trinajstić information content (AvgIpc) is 2.41. The summed E-state index contributed by atoms with van der Waals surface area (Å²) in [4.78, 5) is 9.33. The highest BCUT2D eigenvalue weighted by Gasteiger charge is 2.12. The van der Waals surface area contributed by atoms with E-state index in [9.17, 15) is 0 Å². The van der Waals surface area contributed by atoms with Gasteiger partial charge in [-0.2, -0.15) is 11.8 Å². The van der Waals surface area contributed by atoms with Crippen molar-refractivity contribution in [1.82, 2.24) is 9.97 Å². The van der Waals surface area contributed by atoms with Crippen LogP contribution < -0.4 is 10.6 Å². The minimum Gasteiger partial charge on any atom is -0.370 e. The zero-order valence-corrected chi connectivity index (χ0v) is 14.2. The fourth-order valence-corrected chi connectivity index (χ4v) is 2.56. The lowest BCUT2D eigenvalue weighted by Crippen LogP contribution is -2.21. The second kappa shape index (κ2) is 9.06. The second-order valence-corrected chi connectivity index (χ2v) is 6.05. The number of hydrogen-bond acceptors (Lipinski definition) is 5. The maximum Gasteiger partial charge on any atom is 0.135 e. The Hall–Kier alpha value is -0.970. The molecule has 1 unspecified atom stereocenters. The third kappa shape index (κ3) is 5.19. The number of anilines is 2. The van der Waals surface area contributed by atoms with E-state index in [4.69, 9.17) is 0 Å². The summed E-state index contributed by atoms with van der Waals surface area (Å²) in [6, 6.07) is 0.409. The van der Waals surface area contributed by atoms with Gasteiger partial charge in [0.1, 0.15) is 17.5 Å². The van der Waals surface area contributed by atoms with Crippen molar-refractivity contribution in [2.75, 3.05) is 29.2 Å². The maximum atomic E-state index is 4.68. The molecule has 1 aromatic rings. The van der Waals surface area contributed by atoms with E-state index >= 15 is 0 Å². The molecular formula is C15H28N4S. The third-order valence-corrected chi connectivity index (χ3v) is 3.84. The Morgan fingerprint density at radius 3 is 2.45 bits per heavy atom. The SMILES string of the molecule is CCCNc1nc(CCC)nc(NC(C)CSC)c1C. The zero-order chi connectivity index (χ0) is 15.0. The summed E-state index contributed by atoms with van der Waals surface area (Å²) < 4.78 is 0. The Morgan fingerprint density at radius 1 is 1.15 bits per heavy atom. The number of nitrogens with zero attached hydrogens (tertiary/aromatic N) is 2. The molecule has 114 valence electrons. The molecule has 1 rings (SSSR count). The van der Waals surface area contributed by atoms with Gasteiger partial charge in [0.05, 0.1) is 0 Å². The van der Waals surface area contributed by atoms with E-state index in [1.54, 1.807) is 0 Å². The molecule has 0 spiro atoms. The molecule has 1 heterocycles. The molecule has 0 aliphatic heterocycles. The topological polar surface area (TPSA) is 49.8 Å². The lowest BCUT2D eigenvalue weighted by atomic mass is 10.2. The molecule has 20 heavy (non-hydrogen) atoms. The number of rotatable bonds is 9. The summed E-state index contributed by atoms with van der Waals surface area (Å²) in [5.74, 6) is 3.95. The Kier molecular flexibility index (Phi) is 7.73. The smallest absolute Gasteiger partial charge is 0.135 e. The second-order valence-electron chi connectivity index (χ2n) is 5.14. The quantitative estimate of drug-likeness (QED) is 0.727. The molecule has 2 N–H and O–H groups in total.